The first-order valence-corrected chi connectivity index (χ1v) is 3.98. The van der Waals surface area contributed by atoms with Gasteiger partial charge < -0.3 is 15.2 Å². The third kappa shape index (κ3) is 1.23. The molecule has 70 valence electrons. The number of fused-ring (bicyclic) bond motifs is 1. The van der Waals surface area contributed by atoms with E-state index in [0.29, 0.717) is 23.7 Å². The molecule has 0 saturated carbocycles. The normalized spacial score (nSPS) is 19.5. The van der Waals surface area contributed by atoms with Crippen LogP contribution in [0.15, 0.2) is 12.1 Å². The molecule has 1 aliphatic rings. The number of hydrogen-bond acceptors (Lipinski definition) is 3. The standard InChI is InChI=1S/C9H10FNO2/c1-12-5-2-6(10)9-7(11)4-13-8(9)3-5/h2-3,7H,4,11H2,1H3/t7-/m0/s1. The third-order valence-electron chi connectivity index (χ3n) is 2.09. The summed E-state index contributed by atoms with van der Waals surface area (Å²) in [7, 11) is 1.48. The van der Waals surface area contributed by atoms with Crippen molar-refractivity contribution in [3.8, 4) is 11.5 Å². The Morgan fingerprint density at radius 2 is 2.38 bits per heavy atom. The zero-order valence-electron chi connectivity index (χ0n) is 7.21. The maximum absolute atomic E-state index is 13.3. The smallest absolute Gasteiger partial charge is 0.135 e. The van der Waals surface area contributed by atoms with Gasteiger partial charge in [-0.3, -0.25) is 0 Å². The van der Waals surface area contributed by atoms with Crippen molar-refractivity contribution in [2.45, 2.75) is 6.04 Å². The van der Waals surface area contributed by atoms with Crippen LogP contribution in [-0.4, -0.2) is 13.7 Å². The molecule has 0 radical (unpaired) electrons. The van der Waals surface area contributed by atoms with Crippen LogP contribution in [0.5, 0.6) is 11.5 Å². The number of halogens is 1. The largest absolute Gasteiger partial charge is 0.497 e. The van der Waals surface area contributed by atoms with Gasteiger partial charge in [0.05, 0.1) is 18.7 Å². The fraction of sp³-hybridized carbons (Fsp3) is 0.333. The molecular formula is C9H10FNO2. The lowest BCUT2D eigenvalue weighted by Gasteiger charge is -2.05. The van der Waals surface area contributed by atoms with Crippen molar-refractivity contribution >= 4 is 0 Å². The Balaban J connectivity index is 2.53. The maximum Gasteiger partial charge on any atom is 0.135 e. The van der Waals surface area contributed by atoms with E-state index in [0.717, 1.165) is 0 Å². The van der Waals surface area contributed by atoms with E-state index >= 15 is 0 Å². The summed E-state index contributed by atoms with van der Waals surface area (Å²) in [6, 6.07) is 2.60. The molecule has 0 unspecified atom stereocenters. The lowest BCUT2D eigenvalue weighted by atomic mass is 10.1. The number of hydrogen-bond donors (Lipinski definition) is 1. The highest BCUT2D eigenvalue weighted by Gasteiger charge is 2.25. The van der Waals surface area contributed by atoms with Crippen LogP contribution >= 0.6 is 0 Å². The first-order valence-electron chi connectivity index (χ1n) is 3.98. The molecule has 2 rings (SSSR count). The van der Waals surface area contributed by atoms with Gasteiger partial charge in [0.25, 0.3) is 0 Å². The monoisotopic (exact) mass is 183 g/mol. The summed E-state index contributed by atoms with van der Waals surface area (Å²) in [5.41, 5.74) is 6.08. The number of ether oxygens (including phenoxy) is 2. The number of benzene rings is 1. The van der Waals surface area contributed by atoms with Crippen LogP contribution in [0.4, 0.5) is 4.39 Å². The predicted octanol–water partition coefficient (Wildman–Crippen LogP) is 1.23. The first-order chi connectivity index (χ1) is 6.22. The Labute approximate surface area is 75.3 Å². The van der Waals surface area contributed by atoms with Crippen molar-refractivity contribution in [3.05, 3.63) is 23.5 Å². The van der Waals surface area contributed by atoms with Gasteiger partial charge in [0.15, 0.2) is 0 Å². The second-order valence-corrected chi connectivity index (χ2v) is 2.94. The number of nitrogens with two attached hydrogens (primary N) is 1. The second-order valence-electron chi connectivity index (χ2n) is 2.94. The van der Waals surface area contributed by atoms with Gasteiger partial charge in [-0.15, -0.1) is 0 Å². The SMILES string of the molecule is COc1cc(F)c2c(c1)OC[C@@H]2N. The van der Waals surface area contributed by atoms with Gasteiger partial charge in [0.2, 0.25) is 0 Å². The molecule has 13 heavy (non-hydrogen) atoms. The van der Waals surface area contributed by atoms with Crippen LogP contribution < -0.4 is 15.2 Å². The fourth-order valence-electron chi connectivity index (χ4n) is 1.43. The summed E-state index contributed by atoms with van der Waals surface area (Å²) in [4.78, 5) is 0. The van der Waals surface area contributed by atoms with Crippen LogP contribution in [0, 0.1) is 5.82 Å². The van der Waals surface area contributed by atoms with Crippen LogP contribution in [-0.2, 0) is 0 Å². The van der Waals surface area contributed by atoms with Crippen molar-refractivity contribution in [1.82, 2.24) is 0 Å². The molecule has 1 aromatic carbocycles. The van der Waals surface area contributed by atoms with Crippen LogP contribution in [0.2, 0.25) is 0 Å². The minimum atomic E-state index is -0.362. The Morgan fingerprint density at radius 1 is 1.62 bits per heavy atom. The highest BCUT2D eigenvalue weighted by atomic mass is 19.1. The summed E-state index contributed by atoms with van der Waals surface area (Å²) < 4.78 is 23.4. The Hall–Kier alpha value is -1.29. The van der Waals surface area contributed by atoms with E-state index in [9.17, 15) is 4.39 Å². The molecule has 1 aromatic rings. The van der Waals surface area contributed by atoms with E-state index < -0.39 is 0 Å². The van der Waals surface area contributed by atoms with Crippen LogP contribution in [0.25, 0.3) is 0 Å². The lowest BCUT2D eigenvalue weighted by molar-refractivity contribution is 0.331. The molecule has 2 N–H and O–H groups in total. The van der Waals surface area contributed by atoms with E-state index in [1.165, 1.54) is 13.2 Å². The second kappa shape index (κ2) is 2.88. The Kier molecular flexibility index (Phi) is 1.84. The predicted molar refractivity (Wildman–Crippen MR) is 45.4 cm³/mol. The number of rotatable bonds is 1. The Morgan fingerprint density at radius 3 is 3.08 bits per heavy atom. The summed E-state index contributed by atoms with van der Waals surface area (Å²) in [5, 5.41) is 0. The molecule has 0 aliphatic carbocycles. The summed E-state index contributed by atoms with van der Waals surface area (Å²) in [5.74, 6) is 0.578. The van der Waals surface area contributed by atoms with E-state index in [1.807, 2.05) is 0 Å². The molecule has 0 spiro atoms. The van der Waals surface area contributed by atoms with E-state index in [1.54, 1.807) is 6.07 Å². The zero-order valence-corrected chi connectivity index (χ0v) is 7.21. The maximum atomic E-state index is 13.3. The van der Waals surface area contributed by atoms with Gasteiger partial charge in [0, 0.05) is 12.1 Å². The Bertz CT molecular complexity index is 341. The van der Waals surface area contributed by atoms with Gasteiger partial charge in [-0.1, -0.05) is 0 Å². The summed E-state index contributed by atoms with van der Waals surface area (Å²) >= 11 is 0. The van der Waals surface area contributed by atoms with Gasteiger partial charge in [0.1, 0.15) is 23.9 Å². The minimum Gasteiger partial charge on any atom is -0.497 e. The van der Waals surface area contributed by atoms with Crippen molar-refractivity contribution in [3.63, 3.8) is 0 Å². The third-order valence-corrected chi connectivity index (χ3v) is 2.09. The average molecular weight is 183 g/mol. The molecule has 1 heterocycles. The molecule has 1 atom stereocenters. The van der Waals surface area contributed by atoms with Gasteiger partial charge in [-0.25, -0.2) is 4.39 Å². The molecule has 0 fully saturated rings. The van der Waals surface area contributed by atoms with E-state index in [4.69, 9.17) is 15.2 Å². The van der Waals surface area contributed by atoms with Gasteiger partial charge in [-0.05, 0) is 0 Å². The zero-order chi connectivity index (χ0) is 9.42. The highest BCUT2D eigenvalue weighted by Crippen LogP contribution is 2.36. The molecule has 3 nitrogen and oxygen atoms in total. The van der Waals surface area contributed by atoms with Gasteiger partial charge in [-0.2, -0.15) is 0 Å². The topological polar surface area (TPSA) is 44.5 Å². The molecule has 0 aromatic heterocycles. The van der Waals surface area contributed by atoms with E-state index in [-0.39, 0.29) is 11.9 Å². The molecule has 0 amide bonds. The van der Waals surface area contributed by atoms with Crippen molar-refractivity contribution < 1.29 is 13.9 Å². The molecule has 4 heteroatoms. The minimum absolute atomic E-state index is 0.333. The molecule has 1 aliphatic heterocycles. The fourth-order valence-corrected chi connectivity index (χ4v) is 1.43. The molecule has 0 bridgehead atoms. The van der Waals surface area contributed by atoms with Crippen molar-refractivity contribution in [2.75, 3.05) is 13.7 Å². The van der Waals surface area contributed by atoms with Crippen molar-refractivity contribution in [1.29, 1.82) is 0 Å². The van der Waals surface area contributed by atoms with Gasteiger partial charge >= 0.3 is 0 Å². The van der Waals surface area contributed by atoms with Crippen molar-refractivity contribution in [2.24, 2.45) is 5.73 Å². The highest BCUT2D eigenvalue weighted by molar-refractivity contribution is 5.45. The summed E-state index contributed by atoms with van der Waals surface area (Å²) in [6.45, 7) is 0.333. The molecular weight excluding hydrogens is 173 g/mol. The first kappa shape index (κ1) is 8.31. The lowest BCUT2D eigenvalue weighted by Crippen LogP contribution is -2.12. The quantitative estimate of drug-likeness (QED) is 0.712. The van der Waals surface area contributed by atoms with Crippen LogP contribution in [0.1, 0.15) is 11.6 Å². The summed E-state index contributed by atoms with van der Waals surface area (Å²) in [6.07, 6.45) is 0. The van der Waals surface area contributed by atoms with E-state index in [2.05, 4.69) is 0 Å². The molecule has 0 saturated heterocycles. The average Bonchev–Trinajstić information content (AvgIpc) is 2.48. The van der Waals surface area contributed by atoms with Crippen LogP contribution in [0.3, 0.4) is 0 Å². The number of methoxy groups -OCH3 is 1.